The monoisotopic (exact) mass is 280 g/mol. The van der Waals surface area contributed by atoms with Crippen LogP contribution in [0.3, 0.4) is 0 Å². The first-order chi connectivity index (χ1) is 9.11. The van der Waals surface area contributed by atoms with E-state index >= 15 is 0 Å². The Morgan fingerprint density at radius 3 is 2.89 bits per heavy atom. The fraction of sp³-hybridized carbons (Fsp3) is 0.417. The van der Waals surface area contributed by atoms with Crippen LogP contribution in [-0.4, -0.2) is 24.9 Å². The maximum Gasteiger partial charge on any atom is 0.343 e. The Hall–Kier alpha value is -1.60. The molecule has 1 atom stereocenters. The van der Waals surface area contributed by atoms with E-state index in [1.165, 1.54) is 11.8 Å². The van der Waals surface area contributed by atoms with Crippen molar-refractivity contribution in [3.63, 3.8) is 0 Å². The van der Waals surface area contributed by atoms with Crippen LogP contribution in [0.25, 0.3) is 0 Å². The van der Waals surface area contributed by atoms with Gasteiger partial charge in [0.15, 0.2) is 5.16 Å². The maximum absolute atomic E-state index is 11.5. The van der Waals surface area contributed by atoms with Crippen LogP contribution in [-0.2, 0) is 6.54 Å². The molecule has 0 amide bonds. The van der Waals surface area contributed by atoms with Gasteiger partial charge in [-0.3, -0.25) is 9.55 Å². The van der Waals surface area contributed by atoms with Gasteiger partial charge >= 0.3 is 5.69 Å². The zero-order chi connectivity index (χ0) is 13.8. The van der Waals surface area contributed by atoms with E-state index in [0.29, 0.717) is 17.4 Å². The standard InChI is InChI=1S/C12H16N4O2S/c1-3-6-16-11(18)14-15-12(16)19-9-4-5-10(8(2)17)13-7-9/h4-5,7-8,17H,3,6H2,1-2H3,(H,14,18)/t8-/m0/s1. The van der Waals surface area contributed by atoms with Gasteiger partial charge in [-0.2, -0.15) is 0 Å². The average molecular weight is 280 g/mol. The number of hydrogen-bond acceptors (Lipinski definition) is 5. The third kappa shape index (κ3) is 3.24. The van der Waals surface area contributed by atoms with Gasteiger partial charge in [0.25, 0.3) is 0 Å². The summed E-state index contributed by atoms with van der Waals surface area (Å²) in [6, 6.07) is 3.62. The smallest absolute Gasteiger partial charge is 0.343 e. The van der Waals surface area contributed by atoms with Crippen LogP contribution in [0.15, 0.2) is 33.2 Å². The summed E-state index contributed by atoms with van der Waals surface area (Å²) < 4.78 is 1.60. The van der Waals surface area contributed by atoms with Gasteiger partial charge in [-0.15, -0.1) is 5.10 Å². The summed E-state index contributed by atoms with van der Waals surface area (Å²) in [4.78, 5) is 16.6. The van der Waals surface area contributed by atoms with E-state index in [-0.39, 0.29) is 5.69 Å². The summed E-state index contributed by atoms with van der Waals surface area (Å²) in [6.07, 6.45) is 1.96. The van der Waals surface area contributed by atoms with Crippen LogP contribution >= 0.6 is 11.8 Å². The molecule has 19 heavy (non-hydrogen) atoms. The highest BCUT2D eigenvalue weighted by atomic mass is 32.2. The highest BCUT2D eigenvalue weighted by Crippen LogP contribution is 2.25. The molecule has 2 heterocycles. The molecule has 0 unspecified atom stereocenters. The van der Waals surface area contributed by atoms with Gasteiger partial charge in [-0.05, 0) is 37.2 Å². The molecule has 0 aliphatic heterocycles. The number of H-pyrrole nitrogens is 1. The van der Waals surface area contributed by atoms with Crippen molar-refractivity contribution in [2.45, 2.75) is 43.0 Å². The molecule has 2 aromatic rings. The van der Waals surface area contributed by atoms with Gasteiger partial charge in [-0.25, -0.2) is 9.89 Å². The number of pyridine rings is 1. The summed E-state index contributed by atoms with van der Waals surface area (Å²) in [5.41, 5.74) is 0.426. The van der Waals surface area contributed by atoms with E-state index in [0.717, 1.165) is 11.3 Å². The van der Waals surface area contributed by atoms with E-state index < -0.39 is 6.10 Å². The van der Waals surface area contributed by atoms with Crippen molar-refractivity contribution in [2.75, 3.05) is 0 Å². The number of aromatic amines is 1. The van der Waals surface area contributed by atoms with Crippen molar-refractivity contribution in [1.82, 2.24) is 19.7 Å². The van der Waals surface area contributed by atoms with E-state index in [1.807, 2.05) is 13.0 Å². The Morgan fingerprint density at radius 1 is 1.53 bits per heavy atom. The lowest BCUT2D eigenvalue weighted by molar-refractivity contribution is 0.194. The molecule has 102 valence electrons. The lowest BCUT2D eigenvalue weighted by Crippen LogP contribution is -2.17. The van der Waals surface area contributed by atoms with Gasteiger partial charge in [0.05, 0.1) is 11.8 Å². The highest BCUT2D eigenvalue weighted by molar-refractivity contribution is 7.99. The topological polar surface area (TPSA) is 83.8 Å². The van der Waals surface area contributed by atoms with Crippen molar-refractivity contribution in [3.05, 3.63) is 34.5 Å². The first-order valence-electron chi connectivity index (χ1n) is 6.09. The number of aliphatic hydroxyl groups excluding tert-OH is 1. The molecule has 6 nitrogen and oxygen atoms in total. The summed E-state index contributed by atoms with van der Waals surface area (Å²) in [5.74, 6) is 0. The predicted molar refractivity (Wildman–Crippen MR) is 72.1 cm³/mol. The van der Waals surface area contributed by atoms with Gasteiger partial charge in [0.1, 0.15) is 0 Å². The highest BCUT2D eigenvalue weighted by Gasteiger charge is 2.10. The number of rotatable bonds is 5. The molecule has 0 aromatic carbocycles. The molecule has 0 fully saturated rings. The summed E-state index contributed by atoms with van der Waals surface area (Å²) in [6.45, 7) is 4.31. The second-order valence-electron chi connectivity index (χ2n) is 4.16. The number of hydrogen-bond donors (Lipinski definition) is 2. The van der Waals surface area contributed by atoms with Crippen LogP contribution in [0.1, 0.15) is 32.1 Å². The third-order valence-electron chi connectivity index (χ3n) is 2.57. The Balaban J connectivity index is 2.19. The summed E-state index contributed by atoms with van der Waals surface area (Å²) in [5, 5.41) is 16.5. The lowest BCUT2D eigenvalue weighted by atomic mass is 10.2. The van der Waals surface area contributed by atoms with Crippen molar-refractivity contribution < 1.29 is 5.11 Å². The van der Waals surface area contributed by atoms with E-state index in [9.17, 15) is 9.90 Å². The molecule has 0 saturated heterocycles. The fourth-order valence-electron chi connectivity index (χ4n) is 1.61. The van der Waals surface area contributed by atoms with Crippen molar-refractivity contribution in [1.29, 1.82) is 0 Å². The number of aromatic nitrogens is 4. The van der Waals surface area contributed by atoms with E-state index in [2.05, 4.69) is 15.2 Å². The molecule has 0 radical (unpaired) electrons. The molecule has 2 N–H and O–H groups in total. The maximum atomic E-state index is 11.5. The fourth-order valence-corrected chi connectivity index (χ4v) is 2.43. The lowest BCUT2D eigenvalue weighted by Gasteiger charge is -2.05. The second-order valence-corrected chi connectivity index (χ2v) is 5.20. The number of aliphatic hydroxyl groups is 1. The van der Waals surface area contributed by atoms with Crippen LogP contribution in [0.2, 0.25) is 0 Å². The minimum absolute atomic E-state index is 0.196. The quantitative estimate of drug-likeness (QED) is 0.868. The zero-order valence-corrected chi connectivity index (χ0v) is 11.6. The van der Waals surface area contributed by atoms with Crippen LogP contribution in [0.4, 0.5) is 0 Å². The van der Waals surface area contributed by atoms with E-state index in [4.69, 9.17) is 0 Å². The summed E-state index contributed by atoms with van der Waals surface area (Å²) >= 11 is 1.37. The molecule has 2 rings (SSSR count). The molecule has 0 bridgehead atoms. The Bertz CT molecular complexity index is 589. The Labute approximate surface area is 114 Å². The molecule has 0 aliphatic carbocycles. The minimum Gasteiger partial charge on any atom is -0.387 e. The Morgan fingerprint density at radius 2 is 2.32 bits per heavy atom. The van der Waals surface area contributed by atoms with E-state index in [1.54, 1.807) is 23.8 Å². The molecular weight excluding hydrogens is 264 g/mol. The van der Waals surface area contributed by atoms with Gasteiger partial charge < -0.3 is 5.11 Å². The van der Waals surface area contributed by atoms with Crippen LogP contribution in [0.5, 0.6) is 0 Å². The minimum atomic E-state index is -0.581. The molecular formula is C12H16N4O2S. The normalized spacial score (nSPS) is 12.6. The van der Waals surface area contributed by atoms with Gasteiger partial charge in [0, 0.05) is 17.6 Å². The molecule has 2 aromatic heterocycles. The van der Waals surface area contributed by atoms with Crippen molar-refractivity contribution in [2.24, 2.45) is 0 Å². The van der Waals surface area contributed by atoms with Crippen LogP contribution in [0, 0.1) is 0 Å². The van der Waals surface area contributed by atoms with Gasteiger partial charge in [0.2, 0.25) is 0 Å². The number of nitrogens with one attached hydrogen (secondary N) is 1. The molecule has 0 saturated carbocycles. The first-order valence-corrected chi connectivity index (χ1v) is 6.90. The largest absolute Gasteiger partial charge is 0.387 e. The third-order valence-corrected chi connectivity index (χ3v) is 3.54. The molecule has 0 aliphatic rings. The molecule has 7 heteroatoms. The average Bonchev–Trinajstić information content (AvgIpc) is 2.73. The second kappa shape index (κ2) is 6.03. The SMILES string of the molecule is CCCn1c(Sc2ccc([C@H](C)O)nc2)n[nH]c1=O. The Kier molecular flexibility index (Phi) is 4.39. The van der Waals surface area contributed by atoms with Crippen molar-refractivity contribution >= 4 is 11.8 Å². The molecule has 0 spiro atoms. The summed E-state index contributed by atoms with van der Waals surface area (Å²) in [7, 11) is 0. The van der Waals surface area contributed by atoms with Crippen molar-refractivity contribution in [3.8, 4) is 0 Å². The van der Waals surface area contributed by atoms with Gasteiger partial charge in [-0.1, -0.05) is 6.92 Å². The number of nitrogens with zero attached hydrogens (tertiary/aromatic N) is 3. The predicted octanol–water partition coefficient (Wildman–Crippen LogP) is 1.58. The zero-order valence-electron chi connectivity index (χ0n) is 10.8. The first kappa shape index (κ1) is 13.8. The van der Waals surface area contributed by atoms with Crippen LogP contribution < -0.4 is 5.69 Å².